The van der Waals surface area contributed by atoms with Crippen LogP contribution in [0.15, 0.2) is 18.2 Å². The summed E-state index contributed by atoms with van der Waals surface area (Å²) in [4.78, 5) is 16.5. The highest BCUT2D eigenvalue weighted by atomic mass is 35.5. The Labute approximate surface area is 112 Å². The maximum Gasteiger partial charge on any atom is 0.254 e. The number of nitrogens with two attached hydrogens (primary N) is 1. The van der Waals surface area contributed by atoms with Crippen molar-refractivity contribution < 1.29 is 4.79 Å². The third-order valence-electron chi connectivity index (χ3n) is 3.27. The SMILES string of the molecule is CCN1CCN(C(=O)c2cc(N)cc(Cl)c2)CC1. The number of amides is 1. The van der Waals surface area contributed by atoms with E-state index in [-0.39, 0.29) is 5.91 Å². The number of hydrogen-bond acceptors (Lipinski definition) is 3. The van der Waals surface area contributed by atoms with Crippen molar-refractivity contribution in [2.75, 3.05) is 38.5 Å². The first-order valence-corrected chi connectivity index (χ1v) is 6.55. The topological polar surface area (TPSA) is 49.6 Å². The van der Waals surface area contributed by atoms with Gasteiger partial charge in [-0.3, -0.25) is 4.79 Å². The van der Waals surface area contributed by atoms with Gasteiger partial charge in [-0.1, -0.05) is 18.5 Å². The van der Waals surface area contributed by atoms with Gasteiger partial charge in [-0.2, -0.15) is 0 Å². The maximum atomic E-state index is 12.3. The summed E-state index contributed by atoms with van der Waals surface area (Å²) in [5, 5.41) is 0.505. The summed E-state index contributed by atoms with van der Waals surface area (Å²) in [5.74, 6) is 0.0138. The van der Waals surface area contributed by atoms with Crippen molar-refractivity contribution in [2.45, 2.75) is 6.92 Å². The fourth-order valence-corrected chi connectivity index (χ4v) is 2.43. The standard InChI is InChI=1S/C13H18ClN3O/c1-2-16-3-5-17(6-4-16)13(18)10-7-11(14)9-12(15)8-10/h7-9H,2-6,15H2,1H3. The summed E-state index contributed by atoms with van der Waals surface area (Å²) in [6.07, 6.45) is 0. The lowest BCUT2D eigenvalue weighted by Gasteiger charge is -2.34. The van der Waals surface area contributed by atoms with Gasteiger partial charge in [-0.15, -0.1) is 0 Å². The van der Waals surface area contributed by atoms with E-state index < -0.39 is 0 Å². The van der Waals surface area contributed by atoms with Crippen LogP contribution in [-0.2, 0) is 0 Å². The molecule has 1 saturated heterocycles. The van der Waals surface area contributed by atoms with Crippen LogP contribution in [0.2, 0.25) is 5.02 Å². The van der Waals surface area contributed by atoms with Gasteiger partial charge in [0.25, 0.3) is 5.91 Å². The monoisotopic (exact) mass is 267 g/mol. The molecule has 1 aromatic rings. The summed E-state index contributed by atoms with van der Waals surface area (Å²) in [5.41, 5.74) is 6.81. The molecule has 0 bridgehead atoms. The molecule has 1 amide bonds. The normalized spacial score (nSPS) is 16.9. The van der Waals surface area contributed by atoms with Gasteiger partial charge >= 0.3 is 0 Å². The molecule has 1 fully saturated rings. The predicted molar refractivity (Wildman–Crippen MR) is 73.9 cm³/mol. The second kappa shape index (κ2) is 5.59. The average molecular weight is 268 g/mol. The van der Waals surface area contributed by atoms with Gasteiger partial charge < -0.3 is 15.5 Å². The van der Waals surface area contributed by atoms with E-state index in [2.05, 4.69) is 11.8 Å². The molecule has 18 heavy (non-hydrogen) atoms. The molecule has 4 nitrogen and oxygen atoms in total. The maximum absolute atomic E-state index is 12.3. The number of carbonyl (C=O) groups is 1. The van der Waals surface area contributed by atoms with Gasteiger partial charge in [0.1, 0.15) is 0 Å². The Morgan fingerprint density at radius 1 is 1.28 bits per heavy atom. The van der Waals surface area contributed by atoms with Crippen molar-refractivity contribution in [1.82, 2.24) is 9.80 Å². The van der Waals surface area contributed by atoms with Crippen LogP contribution < -0.4 is 5.73 Å². The van der Waals surface area contributed by atoms with E-state index in [1.54, 1.807) is 18.2 Å². The highest BCUT2D eigenvalue weighted by molar-refractivity contribution is 6.31. The molecule has 0 spiro atoms. The molecule has 0 atom stereocenters. The Bertz CT molecular complexity index is 422. The van der Waals surface area contributed by atoms with Gasteiger partial charge in [-0.05, 0) is 24.7 Å². The summed E-state index contributed by atoms with van der Waals surface area (Å²) >= 11 is 5.92. The molecule has 1 heterocycles. The van der Waals surface area contributed by atoms with E-state index in [0.29, 0.717) is 16.3 Å². The van der Waals surface area contributed by atoms with Crippen LogP contribution in [0.25, 0.3) is 0 Å². The number of piperazine rings is 1. The number of hydrogen-bond donors (Lipinski definition) is 1. The smallest absolute Gasteiger partial charge is 0.254 e. The first-order chi connectivity index (χ1) is 8.60. The second-order valence-corrected chi connectivity index (χ2v) is 4.94. The van der Waals surface area contributed by atoms with Crippen molar-refractivity contribution in [3.63, 3.8) is 0 Å². The lowest BCUT2D eigenvalue weighted by atomic mass is 10.1. The van der Waals surface area contributed by atoms with Crippen molar-refractivity contribution >= 4 is 23.2 Å². The summed E-state index contributed by atoms with van der Waals surface area (Å²) < 4.78 is 0. The molecule has 1 aliphatic rings. The third kappa shape index (κ3) is 2.94. The Morgan fingerprint density at radius 2 is 1.94 bits per heavy atom. The molecule has 0 aliphatic carbocycles. The molecule has 0 unspecified atom stereocenters. The average Bonchev–Trinajstić information content (AvgIpc) is 2.37. The number of nitrogens with zero attached hydrogens (tertiary/aromatic N) is 2. The fourth-order valence-electron chi connectivity index (χ4n) is 2.19. The minimum atomic E-state index is 0.0138. The number of carbonyl (C=O) groups excluding carboxylic acids is 1. The van der Waals surface area contributed by atoms with Crippen LogP contribution in [-0.4, -0.2) is 48.4 Å². The zero-order valence-electron chi connectivity index (χ0n) is 10.5. The molecule has 98 valence electrons. The van der Waals surface area contributed by atoms with E-state index in [0.717, 1.165) is 32.7 Å². The zero-order valence-corrected chi connectivity index (χ0v) is 11.3. The number of nitrogen functional groups attached to an aromatic ring is 1. The predicted octanol–water partition coefficient (Wildman–Crippen LogP) is 1.70. The van der Waals surface area contributed by atoms with Crippen LogP contribution in [0, 0.1) is 0 Å². The lowest BCUT2D eigenvalue weighted by molar-refractivity contribution is 0.0643. The van der Waals surface area contributed by atoms with E-state index >= 15 is 0 Å². The zero-order chi connectivity index (χ0) is 13.1. The van der Waals surface area contributed by atoms with E-state index in [4.69, 9.17) is 17.3 Å². The third-order valence-corrected chi connectivity index (χ3v) is 3.49. The van der Waals surface area contributed by atoms with Crippen LogP contribution in [0.4, 0.5) is 5.69 Å². The summed E-state index contributed by atoms with van der Waals surface area (Å²) in [6.45, 7) is 6.55. The number of likely N-dealkylation sites (N-methyl/N-ethyl adjacent to an activating group) is 1. The van der Waals surface area contributed by atoms with Crippen molar-refractivity contribution in [2.24, 2.45) is 0 Å². The van der Waals surface area contributed by atoms with E-state index in [1.807, 2.05) is 4.90 Å². The van der Waals surface area contributed by atoms with Crippen LogP contribution >= 0.6 is 11.6 Å². The molecule has 0 radical (unpaired) electrons. The minimum absolute atomic E-state index is 0.0138. The molecule has 2 N–H and O–H groups in total. The van der Waals surface area contributed by atoms with Gasteiger partial charge in [0.15, 0.2) is 0 Å². The van der Waals surface area contributed by atoms with Gasteiger partial charge in [0.05, 0.1) is 0 Å². The highest BCUT2D eigenvalue weighted by Crippen LogP contribution is 2.18. The molecule has 0 saturated carbocycles. The molecule has 1 aromatic carbocycles. The lowest BCUT2D eigenvalue weighted by Crippen LogP contribution is -2.48. The van der Waals surface area contributed by atoms with Crippen LogP contribution in [0.3, 0.4) is 0 Å². The first-order valence-electron chi connectivity index (χ1n) is 6.18. The van der Waals surface area contributed by atoms with E-state index in [1.165, 1.54) is 0 Å². The Hall–Kier alpha value is -1.26. The Kier molecular flexibility index (Phi) is 4.09. The number of anilines is 1. The van der Waals surface area contributed by atoms with Gasteiger partial charge in [0.2, 0.25) is 0 Å². The first kappa shape index (κ1) is 13.2. The molecule has 0 aromatic heterocycles. The Balaban J connectivity index is 2.07. The van der Waals surface area contributed by atoms with E-state index in [9.17, 15) is 4.79 Å². The largest absolute Gasteiger partial charge is 0.399 e. The Morgan fingerprint density at radius 3 is 2.50 bits per heavy atom. The molecule has 1 aliphatic heterocycles. The highest BCUT2D eigenvalue weighted by Gasteiger charge is 2.21. The number of halogens is 1. The van der Waals surface area contributed by atoms with Crippen molar-refractivity contribution in [3.05, 3.63) is 28.8 Å². The van der Waals surface area contributed by atoms with Gasteiger partial charge in [-0.25, -0.2) is 0 Å². The number of rotatable bonds is 2. The molecule has 5 heteroatoms. The molecular weight excluding hydrogens is 250 g/mol. The molecule has 2 rings (SSSR count). The van der Waals surface area contributed by atoms with Crippen LogP contribution in [0.5, 0.6) is 0 Å². The molecular formula is C13H18ClN3O. The number of benzene rings is 1. The summed E-state index contributed by atoms with van der Waals surface area (Å²) in [7, 11) is 0. The second-order valence-electron chi connectivity index (χ2n) is 4.50. The van der Waals surface area contributed by atoms with Gasteiger partial charge in [0, 0.05) is 42.5 Å². The summed E-state index contributed by atoms with van der Waals surface area (Å²) in [6, 6.07) is 5.00. The fraction of sp³-hybridized carbons (Fsp3) is 0.462. The van der Waals surface area contributed by atoms with Crippen LogP contribution in [0.1, 0.15) is 17.3 Å². The van der Waals surface area contributed by atoms with Crippen molar-refractivity contribution in [1.29, 1.82) is 0 Å². The minimum Gasteiger partial charge on any atom is -0.399 e. The van der Waals surface area contributed by atoms with Crippen molar-refractivity contribution in [3.8, 4) is 0 Å². The quantitative estimate of drug-likeness (QED) is 0.830.